The SMILES string of the molecule is COc1cccc(C=NCCNCc2ccccc2O)c1O. The third-order valence-electron chi connectivity index (χ3n) is 3.21. The first-order chi connectivity index (χ1) is 10.7. The van der Waals surface area contributed by atoms with Crippen molar-refractivity contribution >= 4 is 6.21 Å². The number of ether oxygens (including phenoxy) is 1. The summed E-state index contributed by atoms with van der Waals surface area (Å²) in [6.45, 7) is 1.84. The lowest BCUT2D eigenvalue weighted by Gasteiger charge is -2.06. The highest BCUT2D eigenvalue weighted by atomic mass is 16.5. The van der Waals surface area contributed by atoms with E-state index < -0.39 is 0 Å². The number of nitrogens with zero attached hydrogens (tertiary/aromatic N) is 1. The third kappa shape index (κ3) is 4.23. The average Bonchev–Trinajstić information content (AvgIpc) is 2.53. The zero-order chi connectivity index (χ0) is 15.8. The second-order valence-corrected chi connectivity index (χ2v) is 4.74. The Hall–Kier alpha value is -2.53. The Balaban J connectivity index is 1.78. The zero-order valence-electron chi connectivity index (χ0n) is 12.5. The summed E-state index contributed by atoms with van der Waals surface area (Å²) in [5.74, 6) is 0.817. The molecule has 0 saturated heterocycles. The van der Waals surface area contributed by atoms with Crippen molar-refractivity contribution in [3.8, 4) is 17.2 Å². The molecule has 0 aliphatic rings. The summed E-state index contributed by atoms with van der Waals surface area (Å²) in [5, 5.41) is 22.7. The van der Waals surface area contributed by atoms with Gasteiger partial charge in [0.1, 0.15) is 5.75 Å². The van der Waals surface area contributed by atoms with Crippen molar-refractivity contribution in [3.63, 3.8) is 0 Å². The third-order valence-corrected chi connectivity index (χ3v) is 3.21. The Morgan fingerprint density at radius 1 is 1.14 bits per heavy atom. The van der Waals surface area contributed by atoms with Gasteiger partial charge in [0.2, 0.25) is 0 Å². The molecule has 2 aromatic carbocycles. The van der Waals surface area contributed by atoms with Crippen molar-refractivity contribution in [3.05, 3.63) is 53.6 Å². The molecular formula is C17H20N2O3. The maximum atomic E-state index is 9.91. The van der Waals surface area contributed by atoms with Gasteiger partial charge < -0.3 is 20.3 Å². The minimum Gasteiger partial charge on any atom is -0.508 e. The molecule has 2 aromatic rings. The highest BCUT2D eigenvalue weighted by molar-refractivity contribution is 5.84. The number of benzene rings is 2. The Morgan fingerprint density at radius 2 is 1.95 bits per heavy atom. The van der Waals surface area contributed by atoms with Gasteiger partial charge in [-0.3, -0.25) is 4.99 Å². The number of phenols is 2. The summed E-state index contributed by atoms with van der Waals surface area (Å²) in [7, 11) is 1.51. The van der Waals surface area contributed by atoms with E-state index in [1.54, 1.807) is 36.5 Å². The Morgan fingerprint density at radius 3 is 2.73 bits per heavy atom. The van der Waals surface area contributed by atoms with E-state index in [9.17, 15) is 10.2 Å². The van der Waals surface area contributed by atoms with Crippen LogP contribution in [-0.4, -0.2) is 36.6 Å². The molecule has 0 radical (unpaired) electrons. The molecule has 0 atom stereocenters. The zero-order valence-corrected chi connectivity index (χ0v) is 12.5. The molecule has 22 heavy (non-hydrogen) atoms. The van der Waals surface area contributed by atoms with Crippen LogP contribution in [0.25, 0.3) is 0 Å². The number of methoxy groups -OCH3 is 1. The predicted molar refractivity (Wildman–Crippen MR) is 86.9 cm³/mol. The smallest absolute Gasteiger partial charge is 0.166 e. The van der Waals surface area contributed by atoms with E-state index in [4.69, 9.17) is 4.74 Å². The van der Waals surface area contributed by atoms with Gasteiger partial charge in [0, 0.05) is 30.4 Å². The van der Waals surface area contributed by atoms with Gasteiger partial charge in [-0.15, -0.1) is 0 Å². The van der Waals surface area contributed by atoms with E-state index in [-0.39, 0.29) is 5.75 Å². The molecule has 0 bridgehead atoms. The number of hydrogen-bond donors (Lipinski definition) is 3. The number of rotatable bonds is 7. The van der Waals surface area contributed by atoms with E-state index in [0.717, 1.165) is 5.56 Å². The summed E-state index contributed by atoms with van der Waals surface area (Å²) in [4.78, 5) is 4.27. The molecule has 0 aromatic heterocycles. The molecule has 0 unspecified atom stereocenters. The summed E-state index contributed by atoms with van der Waals surface area (Å²) in [6.07, 6.45) is 1.62. The number of hydrogen-bond acceptors (Lipinski definition) is 5. The van der Waals surface area contributed by atoms with Crippen molar-refractivity contribution in [1.29, 1.82) is 0 Å². The van der Waals surface area contributed by atoms with Crippen LogP contribution in [0.15, 0.2) is 47.5 Å². The van der Waals surface area contributed by atoms with Gasteiger partial charge in [0.15, 0.2) is 11.5 Å². The molecule has 5 heteroatoms. The topological polar surface area (TPSA) is 74.1 Å². The lowest BCUT2D eigenvalue weighted by Crippen LogP contribution is -2.17. The molecular weight excluding hydrogens is 280 g/mol. The number of aromatic hydroxyl groups is 2. The predicted octanol–water partition coefficient (Wildman–Crippen LogP) is 2.32. The first-order valence-electron chi connectivity index (χ1n) is 7.05. The molecule has 0 saturated carbocycles. The average molecular weight is 300 g/mol. The van der Waals surface area contributed by atoms with Crippen LogP contribution in [0.5, 0.6) is 17.2 Å². The molecule has 5 nitrogen and oxygen atoms in total. The van der Waals surface area contributed by atoms with Crippen molar-refractivity contribution < 1.29 is 14.9 Å². The first kappa shape index (κ1) is 15.9. The molecule has 3 N–H and O–H groups in total. The fraction of sp³-hybridized carbons (Fsp3) is 0.235. The number of aliphatic imine (C=N–C) groups is 1. The first-order valence-corrected chi connectivity index (χ1v) is 7.05. The van der Waals surface area contributed by atoms with Crippen molar-refractivity contribution in [1.82, 2.24) is 5.32 Å². The van der Waals surface area contributed by atoms with Crippen LogP contribution in [0, 0.1) is 0 Å². The maximum Gasteiger partial charge on any atom is 0.166 e. The maximum absolute atomic E-state index is 9.91. The number of phenolic OH excluding ortho intramolecular Hbond substituents is 2. The summed E-state index contributed by atoms with van der Waals surface area (Å²) in [6, 6.07) is 12.5. The fourth-order valence-corrected chi connectivity index (χ4v) is 2.00. The van der Waals surface area contributed by atoms with Crippen LogP contribution in [-0.2, 0) is 6.54 Å². The van der Waals surface area contributed by atoms with E-state index in [2.05, 4.69) is 10.3 Å². The van der Waals surface area contributed by atoms with Gasteiger partial charge in [0.25, 0.3) is 0 Å². The molecule has 0 aliphatic heterocycles. The number of para-hydroxylation sites is 2. The molecule has 0 spiro atoms. The van der Waals surface area contributed by atoms with Crippen LogP contribution < -0.4 is 10.1 Å². The van der Waals surface area contributed by atoms with Crippen molar-refractivity contribution in [2.75, 3.05) is 20.2 Å². The van der Waals surface area contributed by atoms with Gasteiger partial charge in [-0.25, -0.2) is 0 Å². The summed E-state index contributed by atoms with van der Waals surface area (Å²) in [5.41, 5.74) is 1.48. The van der Waals surface area contributed by atoms with Gasteiger partial charge in [0.05, 0.1) is 13.7 Å². The van der Waals surface area contributed by atoms with Crippen LogP contribution in [0.4, 0.5) is 0 Å². The Labute approximate surface area is 129 Å². The summed E-state index contributed by atoms with van der Waals surface area (Å²) >= 11 is 0. The molecule has 0 aliphatic carbocycles. The highest BCUT2D eigenvalue weighted by Crippen LogP contribution is 2.27. The quantitative estimate of drug-likeness (QED) is 0.542. The van der Waals surface area contributed by atoms with Gasteiger partial charge >= 0.3 is 0 Å². The number of nitrogens with one attached hydrogen (secondary N) is 1. The van der Waals surface area contributed by atoms with E-state index in [1.807, 2.05) is 12.1 Å². The Kier molecular flexibility index (Phi) is 5.80. The second kappa shape index (κ2) is 8.05. The van der Waals surface area contributed by atoms with Gasteiger partial charge in [-0.2, -0.15) is 0 Å². The summed E-state index contributed by atoms with van der Waals surface area (Å²) < 4.78 is 5.04. The molecule has 0 heterocycles. The van der Waals surface area contributed by atoms with Crippen LogP contribution >= 0.6 is 0 Å². The highest BCUT2D eigenvalue weighted by Gasteiger charge is 2.04. The van der Waals surface area contributed by atoms with Crippen LogP contribution in [0.1, 0.15) is 11.1 Å². The lowest BCUT2D eigenvalue weighted by molar-refractivity contribution is 0.373. The molecule has 116 valence electrons. The minimum absolute atomic E-state index is 0.0934. The van der Waals surface area contributed by atoms with Crippen molar-refractivity contribution in [2.45, 2.75) is 6.54 Å². The Bertz CT molecular complexity index is 642. The van der Waals surface area contributed by atoms with Gasteiger partial charge in [-0.1, -0.05) is 24.3 Å². The standard InChI is InChI=1S/C17H20N2O3/c1-22-16-8-4-6-14(17(16)21)12-19-10-9-18-11-13-5-2-3-7-15(13)20/h2-8,12,18,20-21H,9-11H2,1H3. The van der Waals surface area contributed by atoms with Crippen LogP contribution in [0.2, 0.25) is 0 Å². The molecule has 0 amide bonds. The van der Waals surface area contributed by atoms with Crippen LogP contribution in [0.3, 0.4) is 0 Å². The van der Waals surface area contributed by atoms with Crippen molar-refractivity contribution in [2.24, 2.45) is 4.99 Å². The molecule has 0 fully saturated rings. The monoisotopic (exact) mass is 300 g/mol. The molecule has 2 rings (SSSR count). The minimum atomic E-state index is 0.0934. The largest absolute Gasteiger partial charge is 0.508 e. The fourth-order valence-electron chi connectivity index (χ4n) is 2.00. The van der Waals surface area contributed by atoms with E-state index in [0.29, 0.717) is 36.7 Å². The van der Waals surface area contributed by atoms with E-state index >= 15 is 0 Å². The lowest BCUT2D eigenvalue weighted by atomic mass is 10.2. The van der Waals surface area contributed by atoms with Gasteiger partial charge in [-0.05, 0) is 18.2 Å². The second-order valence-electron chi connectivity index (χ2n) is 4.74. The van der Waals surface area contributed by atoms with E-state index in [1.165, 1.54) is 7.11 Å². The normalized spacial score (nSPS) is 11.0.